The highest BCUT2D eigenvalue weighted by Crippen LogP contribution is 2.27. The van der Waals surface area contributed by atoms with Crippen molar-refractivity contribution in [2.75, 3.05) is 11.6 Å². The minimum absolute atomic E-state index is 0.0462. The van der Waals surface area contributed by atoms with Gasteiger partial charge in [0.15, 0.2) is 0 Å². The molecule has 1 rings (SSSR count). The monoisotopic (exact) mass is 267 g/mol. The molecule has 2 atom stereocenters. The second-order valence-electron chi connectivity index (χ2n) is 5.89. The van der Waals surface area contributed by atoms with Gasteiger partial charge in [-0.05, 0) is 24.2 Å². The number of halogens is 1. The van der Waals surface area contributed by atoms with Crippen LogP contribution in [-0.2, 0) is 10.0 Å². The van der Waals surface area contributed by atoms with E-state index in [1.165, 1.54) is 0 Å². The van der Waals surface area contributed by atoms with E-state index in [0.29, 0.717) is 11.8 Å². The average Bonchev–Trinajstić information content (AvgIpc) is 2.45. The molecule has 0 aromatic heterocycles. The fourth-order valence-electron chi connectivity index (χ4n) is 2.22. The summed E-state index contributed by atoms with van der Waals surface area (Å²) in [6.45, 7) is 5.79. The molecule has 1 fully saturated rings. The van der Waals surface area contributed by atoms with Crippen molar-refractivity contribution in [3.8, 4) is 0 Å². The van der Waals surface area contributed by atoms with Gasteiger partial charge in [-0.1, -0.05) is 27.2 Å². The molecule has 0 spiro atoms. The summed E-state index contributed by atoms with van der Waals surface area (Å²) in [5.41, 5.74) is -0.207. The molecule has 1 N–H and O–H groups in total. The third-order valence-corrected chi connectivity index (χ3v) is 5.12. The molecule has 0 heterocycles. The molecule has 0 amide bonds. The van der Waals surface area contributed by atoms with Gasteiger partial charge in [-0.2, -0.15) is 0 Å². The summed E-state index contributed by atoms with van der Waals surface area (Å²) >= 11 is 5.83. The Kier molecular flexibility index (Phi) is 4.66. The molecular formula is C11H22ClNO2S. The molecule has 0 aromatic rings. The molecule has 0 bridgehead atoms. The first-order valence-corrected chi connectivity index (χ1v) is 7.98. The van der Waals surface area contributed by atoms with Crippen molar-refractivity contribution in [1.82, 2.24) is 4.72 Å². The van der Waals surface area contributed by atoms with Gasteiger partial charge in [0.05, 0.1) is 5.75 Å². The molecule has 2 unspecified atom stereocenters. The zero-order valence-electron chi connectivity index (χ0n) is 10.3. The van der Waals surface area contributed by atoms with Gasteiger partial charge in [0.2, 0.25) is 10.0 Å². The molecule has 0 aliphatic heterocycles. The highest BCUT2D eigenvalue weighted by Gasteiger charge is 2.31. The summed E-state index contributed by atoms with van der Waals surface area (Å²) in [5.74, 6) is 1.02. The molecule has 0 saturated heterocycles. The van der Waals surface area contributed by atoms with Gasteiger partial charge < -0.3 is 0 Å². The molecule has 1 saturated carbocycles. The average molecular weight is 268 g/mol. The third kappa shape index (κ3) is 4.60. The summed E-state index contributed by atoms with van der Waals surface area (Å²) < 4.78 is 26.6. The van der Waals surface area contributed by atoms with E-state index >= 15 is 0 Å². The first-order chi connectivity index (χ1) is 7.23. The molecule has 0 radical (unpaired) electrons. The predicted molar refractivity (Wildman–Crippen MR) is 68.2 cm³/mol. The minimum Gasteiger partial charge on any atom is -0.212 e. The zero-order chi connectivity index (χ0) is 12.4. The molecule has 16 heavy (non-hydrogen) atoms. The van der Waals surface area contributed by atoms with Crippen LogP contribution in [0.4, 0.5) is 0 Å². The minimum atomic E-state index is -3.17. The van der Waals surface area contributed by atoms with Crippen molar-refractivity contribution in [3.63, 3.8) is 0 Å². The molecule has 3 nitrogen and oxygen atoms in total. The van der Waals surface area contributed by atoms with Crippen molar-refractivity contribution in [3.05, 3.63) is 0 Å². The van der Waals surface area contributed by atoms with Crippen molar-refractivity contribution in [2.24, 2.45) is 11.3 Å². The normalized spacial score (nSPS) is 27.2. The van der Waals surface area contributed by atoms with Gasteiger partial charge in [0.25, 0.3) is 0 Å². The van der Waals surface area contributed by atoms with Crippen molar-refractivity contribution >= 4 is 21.6 Å². The van der Waals surface area contributed by atoms with E-state index in [-0.39, 0.29) is 17.2 Å². The number of nitrogens with one attached hydrogen (secondary N) is 1. The second-order valence-corrected chi connectivity index (χ2v) is 7.95. The molecule has 96 valence electrons. The Morgan fingerprint density at radius 1 is 1.31 bits per heavy atom. The third-order valence-electron chi connectivity index (χ3n) is 2.81. The maximum absolute atomic E-state index is 11.9. The van der Waals surface area contributed by atoms with Crippen LogP contribution in [0.2, 0.25) is 0 Å². The molecule has 1 aliphatic rings. The fourth-order valence-corrected chi connectivity index (χ4v) is 4.58. The number of hydrogen-bond acceptors (Lipinski definition) is 2. The lowest BCUT2D eigenvalue weighted by Crippen LogP contribution is -2.41. The lowest BCUT2D eigenvalue weighted by Gasteiger charge is -2.23. The highest BCUT2D eigenvalue weighted by molar-refractivity contribution is 7.89. The molecule has 5 heteroatoms. The Morgan fingerprint density at radius 2 is 1.94 bits per heavy atom. The Bertz CT molecular complexity index is 321. The maximum atomic E-state index is 11.9. The Hall–Kier alpha value is 0.200. The second kappa shape index (κ2) is 5.23. The largest absolute Gasteiger partial charge is 0.212 e. The highest BCUT2D eigenvalue weighted by atomic mass is 35.5. The molecular weight excluding hydrogens is 246 g/mol. The van der Waals surface area contributed by atoms with Crippen molar-refractivity contribution < 1.29 is 8.42 Å². The maximum Gasteiger partial charge on any atom is 0.212 e. The first-order valence-electron chi connectivity index (χ1n) is 5.79. The van der Waals surface area contributed by atoms with Gasteiger partial charge in [0, 0.05) is 11.9 Å². The van der Waals surface area contributed by atoms with Crippen molar-refractivity contribution in [2.45, 2.75) is 46.1 Å². The number of sulfonamides is 1. The van der Waals surface area contributed by atoms with Crippen molar-refractivity contribution in [1.29, 1.82) is 0 Å². The summed E-state index contributed by atoms with van der Waals surface area (Å²) in [6.07, 6.45) is 3.02. The van der Waals surface area contributed by atoms with E-state index in [9.17, 15) is 8.42 Å². The summed E-state index contributed by atoms with van der Waals surface area (Å²) in [6, 6.07) is 0.0462. The Labute approximate surface area is 104 Å². The summed E-state index contributed by atoms with van der Waals surface area (Å²) in [7, 11) is -3.17. The lowest BCUT2D eigenvalue weighted by atomic mass is 10.0. The van der Waals surface area contributed by atoms with Crippen LogP contribution in [0.15, 0.2) is 0 Å². The zero-order valence-corrected chi connectivity index (χ0v) is 11.9. The van der Waals surface area contributed by atoms with Crippen LogP contribution < -0.4 is 4.72 Å². The number of hydrogen-bond donors (Lipinski definition) is 1. The van der Waals surface area contributed by atoms with Crippen LogP contribution in [-0.4, -0.2) is 26.1 Å². The first kappa shape index (κ1) is 14.3. The van der Waals surface area contributed by atoms with Crippen LogP contribution >= 0.6 is 11.6 Å². The molecule has 1 aliphatic carbocycles. The van der Waals surface area contributed by atoms with Crippen LogP contribution in [0.3, 0.4) is 0 Å². The van der Waals surface area contributed by atoms with E-state index in [4.69, 9.17) is 11.6 Å². The quantitative estimate of drug-likeness (QED) is 0.795. The van der Waals surface area contributed by atoms with Gasteiger partial charge in [0.1, 0.15) is 0 Å². The number of alkyl halides is 1. The van der Waals surface area contributed by atoms with Crippen LogP contribution in [0.5, 0.6) is 0 Å². The van der Waals surface area contributed by atoms with Gasteiger partial charge >= 0.3 is 0 Å². The van der Waals surface area contributed by atoms with E-state index < -0.39 is 10.0 Å². The van der Waals surface area contributed by atoms with E-state index in [2.05, 4.69) is 4.72 Å². The number of rotatable bonds is 4. The van der Waals surface area contributed by atoms with Gasteiger partial charge in [-0.3, -0.25) is 0 Å². The lowest BCUT2D eigenvalue weighted by molar-refractivity contribution is 0.441. The van der Waals surface area contributed by atoms with E-state index in [0.717, 1.165) is 19.3 Å². The fraction of sp³-hybridized carbons (Fsp3) is 1.00. The smallest absolute Gasteiger partial charge is 0.212 e. The van der Waals surface area contributed by atoms with E-state index in [1.54, 1.807) is 0 Å². The van der Waals surface area contributed by atoms with Gasteiger partial charge in [-0.25, -0.2) is 13.1 Å². The van der Waals surface area contributed by atoms with Crippen LogP contribution in [0, 0.1) is 11.3 Å². The Morgan fingerprint density at radius 3 is 2.44 bits per heavy atom. The van der Waals surface area contributed by atoms with Gasteiger partial charge in [-0.15, -0.1) is 11.6 Å². The summed E-state index contributed by atoms with van der Waals surface area (Å²) in [4.78, 5) is 0. The predicted octanol–water partition coefficient (Wildman–Crippen LogP) is 2.36. The Balaban J connectivity index is 2.59. The van der Waals surface area contributed by atoms with E-state index in [1.807, 2.05) is 20.8 Å². The van der Waals surface area contributed by atoms with Crippen LogP contribution in [0.1, 0.15) is 40.0 Å². The standard InChI is InChI=1S/C11H22ClNO2S/c1-11(2,3)8-16(14,15)13-10-6-4-5-9(10)7-12/h9-10,13H,4-8H2,1-3H3. The van der Waals surface area contributed by atoms with Crippen LogP contribution in [0.25, 0.3) is 0 Å². The SMILES string of the molecule is CC(C)(C)CS(=O)(=O)NC1CCCC1CCl. The topological polar surface area (TPSA) is 46.2 Å². The summed E-state index contributed by atoms with van der Waals surface area (Å²) in [5, 5.41) is 0. The molecule has 0 aromatic carbocycles.